The van der Waals surface area contributed by atoms with E-state index in [9.17, 15) is 14.0 Å². The van der Waals surface area contributed by atoms with Gasteiger partial charge in [-0.1, -0.05) is 13.0 Å². The minimum atomic E-state index is -0.791. The van der Waals surface area contributed by atoms with Gasteiger partial charge < -0.3 is 15.5 Å². The summed E-state index contributed by atoms with van der Waals surface area (Å²) in [6.45, 7) is 2.91. The number of carbonyl (C=O) groups excluding carboxylic acids is 2. The van der Waals surface area contributed by atoms with E-state index in [2.05, 4.69) is 10.6 Å². The molecule has 2 aliphatic rings. The number of benzene rings is 1. The molecule has 1 aromatic carbocycles. The van der Waals surface area contributed by atoms with E-state index in [0.29, 0.717) is 38.0 Å². The molecule has 130 valence electrons. The Hall–Kier alpha value is -2.11. The Balaban J connectivity index is 1.76. The molecule has 0 aromatic heterocycles. The molecule has 1 saturated carbocycles. The zero-order valence-corrected chi connectivity index (χ0v) is 14.0. The van der Waals surface area contributed by atoms with Gasteiger partial charge in [-0.2, -0.15) is 0 Å². The quantitative estimate of drug-likeness (QED) is 0.869. The van der Waals surface area contributed by atoms with Crippen molar-refractivity contribution in [1.82, 2.24) is 10.2 Å². The first-order valence-corrected chi connectivity index (χ1v) is 8.65. The van der Waals surface area contributed by atoms with E-state index in [1.807, 2.05) is 6.92 Å². The molecule has 6 heteroatoms. The summed E-state index contributed by atoms with van der Waals surface area (Å²) in [4.78, 5) is 26.5. The van der Waals surface area contributed by atoms with E-state index in [1.54, 1.807) is 17.0 Å². The molecule has 0 radical (unpaired) electrons. The third-order valence-electron chi connectivity index (χ3n) is 4.83. The van der Waals surface area contributed by atoms with Crippen LogP contribution in [0.4, 0.5) is 10.1 Å². The molecule has 5 nitrogen and oxygen atoms in total. The van der Waals surface area contributed by atoms with Crippen LogP contribution >= 0.6 is 0 Å². The van der Waals surface area contributed by atoms with E-state index in [-0.39, 0.29) is 23.7 Å². The minimum absolute atomic E-state index is 0.0436. The number of anilines is 1. The predicted molar refractivity (Wildman–Crippen MR) is 90.0 cm³/mol. The van der Waals surface area contributed by atoms with Crippen molar-refractivity contribution in [1.29, 1.82) is 0 Å². The van der Waals surface area contributed by atoms with Crippen LogP contribution in [-0.2, 0) is 9.59 Å². The molecule has 1 aliphatic carbocycles. The van der Waals surface area contributed by atoms with Gasteiger partial charge in [-0.15, -0.1) is 0 Å². The van der Waals surface area contributed by atoms with Gasteiger partial charge in [0, 0.05) is 31.2 Å². The lowest BCUT2D eigenvalue weighted by Gasteiger charge is -2.41. The van der Waals surface area contributed by atoms with Gasteiger partial charge in [0.15, 0.2) is 0 Å². The highest BCUT2D eigenvalue weighted by molar-refractivity contribution is 5.90. The van der Waals surface area contributed by atoms with Gasteiger partial charge in [0.2, 0.25) is 11.8 Å². The van der Waals surface area contributed by atoms with Crippen LogP contribution in [0, 0.1) is 5.82 Å². The van der Waals surface area contributed by atoms with Gasteiger partial charge in [0.25, 0.3) is 0 Å². The topological polar surface area (TPSA) is 61.4 Å². The summed E-state index contributed by atoms with van der Waals surface area (Å²) in [5.41, 5.74) is -0.197. The lowest BCUT2D eigenvalue weighted by molar-refractivity contribution is -0.135. The van der Waals surface area contributed by atoms with Crippen LogP contribution in [-0.4, -0.2) is 41.4 Å². The summed E-state index contributed by atoms with van der Waals surface area (Å²) in [5.74, 6) is -0.272. The second-order valence-corrected chi connectivity index (χ2v) is 6.70. The highest BCUT2D eigenvalue weighted by atomic mass is 19.1. The third kappa shape index (κ3) is 3.68. The Morgan fingerprint density at radius 3 is 2.58 bits per heavy atom. The predicted octanol–water partition coefficient (Wildman–Crippen LogP) is 2.29. The summed E-state index contributed by atoms with van der Waals surface area (Å²) < 4.78 is 13.5. The number of halogens is 1. The molecular weight excluding hydrogens is 309 g/mol. The minimum Gasteiger partial charge on any atom is -0.371 e. The van der Waals surface area contributed by atoms with Crippen LogP contribution in [0.1, 0.15) is 39.0 Å². The number of piperidine rings is 1. The third-order valence-corrected chi connectivity index (χ3v) is 4.83. The first-order chi connectivity index (χ1) is 11.5. The number of hydrogen-bond donors (Lipinski definition) is 2. The smallest absolute Gasteiger partial charge is 0.246 e. The van der Waals surface area contributed by atoms with Crippen molar-refractivity contribution in [3.05, 3.63) is 30.1 Å². The van der Waals surface area contributed by atoms with Crippen molar-refractivity contribution < 1.29 is 14.0 Å². The SMILES string of the molecule is CCC(=O)N1CCC(Nc2cccc(F)c2)(C(=O)NC2CC2)CC1. The molecule has 0 unspecified atom stereocenters. The van der Waals surface area contributed by atoms with E-state index in [4.69, 9.17) is 0 Å². The highest BCUT2D eigenvalue weighted by Gasteiger charge is 2.43. The summed E-state index contributed by atoms with van der Waals surface area (Å²) in [7, 11) is 0. The van der Waals surface area contributed by atoms with Crippen LogP contribution in [0.5, 0.6) is 0 Å². The van der Waals surface area contributed by atoms with Crippen LogP contribution in [0.25, 0.3) is 0 Å². The number of amides is 2. The van der Waals surface area contributed by atoms with Gasteiger partial charge in [-0.3, -0.25) is 9.59 Å². The normalized spacial score (nSPS) is 19.7. The van der Waals surface area contributed by atoms with E-state index < -0.39 is 5.54 Å². The van der Waals surface area contributed by atoms with Crippen molar-refractivity contribution in [2.75, 3.05) is 18.4 Å². The van der Waals surface area contributed by atoms with Crippen molar-refractivity contribution in [3.8, 4) is 0 Å². The average molecular weight is 333 g/mol. The largest absolute Gasteiger partial charge is 0.371 e. The Kier molecular flexibility index (Phi) is 4.73. The Bertz CT molecular complexity index is 622. The van der Waals surface area contributed by atoms with Gasteiger partial charge in [0.1, 0.15) is 11.4 Å². The number of hydrogen-bond acceptors (Lipinski definition) is 3. The van der Waals surface area contributed by atoms with Gasteiger partial charge >= 0.3 is 0 Å². The van der Waals surface area contributed by atoms with Crippen molar-refractivity contribution in [2.24, 2.45) is 0 Å². The molecule has 1 aliphatic heterocycles. The molecule has 1 saturated heterocycles. The van der Waals surface area contributed by atoms with Gasteiger partial charge in [0.05, 0.1) is 0 Å². The lowest BCUT2D eigenvalue weighted by atomic mass is 9.85. The fraction of sp³-hybridized carbons (Fsp3) is 0.556. The number of nitrogens with one attached hydrogen (secondary N) is 2. The maximum absolute atomic E-state index is 13.5. The summed E-state index contributed by atoms with van der Waals surface area (Å²) in [5, 5.41) is 6.31. The average Bonchev–Trinajstić information content (AvgIpc) is 3.39. The molecule has 1 aromatic rings. The van der Waals surface area contributed by atoms with Crippen LogP contribution in [0.2, 0.25) is 0 Å². The van der Waals surface area contributed by atoms with E-state index in [1.165, 1.54) is 12.1 Å². The molecule has 0 spiro atoms. The summed E-state index contributed by atoms with van der Waals surface area (Å²) in [6, 6.07) is 6.43. The van der Waals surface area contributed by atoms with Crippen molar-refractivity contribution in [2.45, 2.75) is 50.6 Å². The molecule has 2 N–H and O–H groups in total. The van der Waals surface area contributed by atoms with Crippen LogP contribution in [0.15, 0.2) is 24.3 Å². The second kappa shape index (κ2) is 6.79. The van der Waals surface area contributed by atoms with E-state index >= 15 is 0 Å². The molecule has 0 atom stereocenters. The lowest BCUT2D eigenvalue weighted by Crippen LogP contribution is -2.59. The maximum Gasteiger partial charge on any atom is 0.246 e. The number of rotatable bonds is 5. The molecule has 2 amide bonds. The van der Waals surface area contributed by atoms with Gasteiger partial charge in [-0.25, -0.2) is 4.39 Å². The van der Waals surface area contributed by atoms with Gasteiger partial charge in [-0.05, 0) is 43.9 Å². The van der Waals surface area contributed by atoms with Crippen LogP contribution in [0.3, 0.4) is 0 Å². The number of carbonyl (C=O) groups is 2. The molecular formula is C18H24FN3O2. The monoisotopic (exact) mass is 333 g/mol. The second-order valence-electron chi connectivity index (χ2n) is 6.70. The first-order valence-electron chi connectivity index (χ1n) is 8.65. The molecule has 1 heterocycles. The molecule has 24 heavy (non-hydrogen) atoms. The van der Waals surface area contributed by atoms with Crippen molar-refractivity contribution in [3.63, 3.8) is 0 Å². The standard InChI is InChI=1S/C18H24FN3O2/c1-2-16(23)22-10-8-18(9-11-22,17(24)20-14-6-7-14)21-15-5-3-4-13(19)12-15/h3-5,12,14,21H,2,6-11H2,1H3,(H,20,24). The van der Waals surface area contributed by atoms with Crippen molar-refractivity contribution >= 4 is 17.5 Å². The number of nitrogens with zero attached hydrogens (tertiary/aromatic N) is 1. The Labute approximate surface area is 141 Å². The molecule has 0 bridgehead atoms. The maximum atomic E-state index is 13.5. The first kappa shape index (κ1) is 16.7. The number of likely N-dealkylation sites (tertiary alicyclic amines) is 1. The summed E-state index contributed by atoms with van der Waals surface area (Å²) >= 11 is 0. The zero-order chi connectivity index (χ0) is 17.2. The molecule has 2 fully saturated rings. The highest BCUT2D eigenvalue weighted by Crippen LogP contribution is 2.30. The molecule has 3 rings (SSSR count). The van der Waals surface area contributed by atoms with E-state index in [0.717, 1.165) is 12.8 Å². The summed E-state index contributed by atoms with van der Waals surface area (Å²) in [6.07, 6.45) is 3.55. The van der Waals surface area contributed by atoms with Crippen LogP contribution < -0.4 is 10.6 Å². The fourth-order valence-electron chi connectivity index (χ4n) is 3.16. The Morgan fingerprint density at radius 1 is 1.29 bits per heavy atom. The zero-order valence-electron chi connectivity index (χ0n) is 14.0. The fourth-order valence-corrected chi connectivity index (χ4v) is 3.16. The Morgan fingerprint density at radius 2 is 2.00 bits per heavy atom.